The lowest BCUT2D eigenvalue weighted by Gasteiger charge is -2.28. The number of carbonyl (C=O) groups excluding carboxylic acids is 4. The molecule has 1 atom stereocenters. The fraction of sp³-hybridized carbons (Fsp3) is 0.375. The second-order valence-corrected chi connectivity index (χ2v) is 5.23. The number of carbonyl (C=O) groups is 4. The number of phenolic OH excluding ortho intramolecular Hbond substituents is 1. The van der Waals surface area contributed by atoms with Crippen molar-refractivity contribution in [3.05, 3.63) is 29.8 Å². The molecule has 0 heterocycles. The van der Waals surface area contributed by atoms with E-state index >= 15 is 0 Å². The van der Waals surface area contributed by atoms with Gasteiger partial charge in [-0.25, -0.2) is 4.79 Å². The van der Waals surface area contributed by atoms with Gasteiger partial charge in [-0.3, -0.25) is 14.4 Å². The molecule has 8 heteroatoms. The van der Waals surface area contributed by atoms with Gasteiger partial charge in [0.1, 0.15) is 5.75 Å². The highest BCUT2D eigenvalue weighted by Crippen LogP contribution is 2.19. The topological polar surface area (TPSA) is 119 Å². The molecule has 8 nitrogen and oxygen atoms in total. The van der Waals surface area contributed by atoms with E-state index in [2.05, 4.69) is 4.74 Å². The molecule has 0 aliphatic carbocycles. The normalized spacial score (nSPS) is 13.0. The van der Waals surface area contributed by atoms with Crippen LogP contribution in [0.2, 0.25) is 0 Å². The molecule has 1 unspecified atom stereocenters. The number of benzene rings is 1. The SMILES string of the molecule is COC(=O)C(NC(=O)C(=O)C(C)C)(OC)C(=O)c1ccc(O)cc1. The first-order valence-corrected chi connectivity index (χ1v) is 7.03. The summed E-state index contributed by atoms with van der Waals surface area (Å²) in [6, 6.07) is 4.94. The maximum atomic E-state index is 12.7. The van der Waals surface area contributed by atoms with Crippen LogP contribution in [0.1, 0.15) is 24.2 Å². The Morgan fingerprint density at radius 3 is 2.04 bits per heavy atom. The van der Waals surface area contributed by atoms with E-state index in [4.69, 9.17) is 4.74 Å². The van der Waals surface area contributed by atoms with E-state index < -0.39 is 35.1 Å². The number of amides is 1. The van der Waals surface area contributed by atoms with Gasteiger partial charge in [0.2, 0.25) is 11.6 Å². The summed E-state index contributed by atoms with van der Waals surface area (Å²) in [6.45, 7) is 2.99. The Bertz CT molecular complexity index is 651. The first-order valence-electron chi connectivity index (χ1n) is 7.03. The number of nitrogens with one attached hydrogen (secondary N) is 1. The summed E-state index contributed by atoms with van der Waals surface area (Å²) >= 11 is 0. The van der Waals surface area contributed by atoms with Crippen LogP contribution in [-0.4, -0.2) is 48.5 Å². The molecule has 0 radical (unpaired) electrons. The number of hydrogen-bond acceptors (Lipinski definition) is 7. The van der Waals surface area contributed by atoms with E-state index in [-0.39, 0.29) is 11.3 Å². The second kappa shape index (κ2) is 7.69. The number of esters is 1. The maximum Gasteiger partial charge on any atom is 0.368 e. The zero-order valence-electron chi connectivity index (χ0n) is 13.8. The quantitative estimate of drug-likeness (QED) is 0.243. The van der Waals surface area contributed by atoms with Crippen molar-refractivity contribution >= 4 is 23.4 Å². The van der Waals surface area contributed by atoms with Crippen LogP contribution in [0.5, 0.6) is 5.75 Å². The minimum Gasteiger partial charge on any atom is -0.508 e. The predicted molar refractivity (Wildman–Crippen MR) is 82.2 cm³/mol. The van der Waals surface area contributed by atoms with Crippen molar-refractivity contribution in [2.45, 2.75) is 19.6 Å². The van der Waals surface area contributed by atoms with Gasteiger partial charge in [0.15, 0.2) is 0 Å². The van der Waals surface area contributed by atoms with E-state index in [1.165, 1.54) is 38.1 Å². The molecule has 0 aromatic heterocycles. The van der Waals surface area contributed by atoms with Gasteiger partial charge in [-0.15, -0.1) is 0 Å². The molecular weight excluding hydrogens is 318 g/mol. The number of aromatic hydroxyl groups is 1. The minimum atomic E-state index is -2.51. The summed E-state index contributed by atoms with van der Waals surface area (Å²) in [5, 5.41) is 11.3. The Morgan fingerprint density at radius 2 is 1.62 bits per heavy atom. The third kappa shape index (κ3) is 3.77. The van der Waals surface area contributed by atoms with Crippen LogP contribution in [0, 0.1) is 5.92 Å². The summed E-state index contributed by atoms with van der Waals surface area (Å²) in [4.78, 5) is 48.7. The molecule has 1 aromatic carbocycles. The highest BCUT2D eigenvalue weighted by Gasteiger charge is 2.50. The fourth-order valence-corrected chi connectivity index (χ4v) is 1.87. The molecule has 0 aliphatic heterocycles. The highest BCUT2D eigenvalue weighted by atomic mass is 16.6. The van der Waals surface area contributed by atoms with Gasteiger partial charge in [-0.05, 0) is 24.3 Å². The number of hydrogen-bond donors (Lipinski definition) is 2. The molecule has 0 saturated heterocycles. The van der Waals surface area contributed by atoms with Crippen LogP contribution in [0.3, 0.4) is 0 Å². The molecule has 2 N–H and O–H groups in total. The van der Waals surface area contributed by atoms with Gasteiger partial charge < -0.3 is 19.9 Å². The molecule has 24 heavy (non-hydrogen) atoms. The Hall–Kier alpha value is -2.74. The number of phenols is 1. The number of rotatable bonds is 7. The van der Waals surface area contributed by atoms with Gasteiger partial charge in [0.05, 0.1) is 7.11 Å². The summed E-state index contributed by atoms with van der Waals surface area (Å²) < 4.78 is 9.52. The van der Waals surface area contributed by atoms with E-state index in [1.54, 1.807) is 0 Å². The van der Waals surface area contributed by atoms with Gasteiger partial charge in [0, 0.05) is 18.6 Å². The van der Waals surface area contributed by atoms with Crippen molar-refractivity contribution in [1.29, 1.82) is 0 Å². The van der Waals surface area contributed by atoms with E-state index in [9.17, 15) is 24.3 Å². The van der Waals surface area contributed by atoms with Crippen molar-refractivity contribution in [3.63, 3.8) is 0 Å². The lowest BCUT2D eigenvalue weighted by Crippen LogP contribution is -2.63. The Kier molecular flexibility index (Phi) is 6.19. The molecular formula is C16H19NO7. The summed E-state index contributed by atoms with van der Waals surface area (Å²) in [6.07, 6.45) is 0. The first kappa shape index (κ1) is 19.3. The van der Waals surface area contributed by atoms with Gasteiger partial charge >= 0.3 is 11.7 Å². The van der Waals surface area contributed by atoms with Crippen molar-refractivity contribution < 1.29 is 33.8 Å². The lowest BCUT2D eigenvalue weighted by molar-refractivity contribution is -0.167. The fourth-order valence-electron chi connectivity index (χ4n) is 1.87. The van der Waals surface area contributed by atoms with Crippen molar-refractivity contribution in [1.82, 2.24) is 5.32 Å². The average molecular weight is 337 g/mol. The third-order valence-corrected chi connectivity index (χ3v) is 3.27. The number of Topliss-reactive ketones (excluding diaryl/α,β-unsaturated/α-hetero) is 2. The van der Waals surface area contributed by atoms with Crippen LogP contribution in [0.4, 0.5) is 0 Å². The minimum absolute atomic E-state index is 0.0302. The van der Waals surface area contributed by atoms with Crippen LogP contribution in [0.15, 0.2) is 24.3 Å². The average Bonchev–Trinajstić information content (AvgIpc) is 2.58. The predicted octanol–water partition coefficient (Wildman–Crippen LogP) is 0.432. The van der Waals surface area contributed by atoms with Crippen LogP contribution in [0.25, 0.3) is 0 Å². The van der Waals surface area contributed by atoms with Crippen molar-refractivity contribution in [2.24, 2.45) is 5.92 Å². The molecule has 0 saturated carbocycles. The van der Waals surface area contributed by atoms with Crippen molar-refractivity contribution in [2.75, 3.05) is 14.2 Å². The lowest BCUT2D eigenvalue weighted by atomic mass is 9.99. The van der Waals surface area contributed by atoms with Crippen LogP contribution in [-0.2, 0) is 23.9 Å². The standard InChI is InChI=1S/C16H19NO7/c1-9(2)12(19)14(21)17-16(24-4,15(22)23-3)13(20)10-5-7-11(18)8-6-10/h5-9,18H,1-4H3,(H,17,21). The molecule has 1 amide bonds. The summed E-state index contributed by atoms with van der Waals surface area (Å²) in [7, 11) is 2.03. The Balaban J connectivity index is 3.30. The zero-order valence-corrected chi connectivity index (χ0v) is 13.8. The maximum absolute atomic E-state index is 12.7. The van der Waals surface area contributed by atoms with Crippen molar-refractivity contribution in [3.8, 4) is 5.75 Å². The van der Waals surface area contributed by atoms with Gasteiger partial charge in [0.25, 0.3) is 5.91 Å². The van der Waals surface area contributed by atoms with Crippen LogP contribution >= 0.6 is 0 Å². The summed E-state index contributed by atoms with van der Waals surface area (Å²) in [5.41, 5.74) is -2.54. The zero-order chi connectivity index (χ0) is 18.5. The smallest absolute Gasteiger partial charge is 0.368 e. The first-order chi connectivity index (χ1) is 11.2. The molecule has 1 aromatic rings. The van der Waals surface area contributed by atoms with E-state index in [0.29, 0.717) is 0 Å². The second-order valence-electron chi connectivity index (χ2n) is 5.23. The van der Waals surface area contributed by atoms with E-state index in [0.717, 1.165) is 14.2 Å². The van der Waals surface area contributed by atoms with E-state index in [1.807, 2.05) is 5.32 Å². The Morgan fingerprint density at radius 1 is 1.08 bits per heavy atom. The van der Waals surface area contributed by atoms with Gasteiger partial charge in [-0.2, -0.15) is 0 Å². The summed E-state index contributed by atoms with van der Waals surface area (Å²) in [5.74, 6) is -4.83. The van der Waals surface area contributed by atoms with Crippen LogP contribution < -0.4 is 5.32 Å². The molecule has 0 fully saturated rings. The largest absolute Gasteiger partial charge is 0.508 e. The molecule has 130 valence electrons. The molecule has 1 rings (SSSR count). The molecule has 0 spiro atoms. The number of ether oxygens (including phenoxy) is 2. The third-order valence-electron chi connectivity index (χ3n) is 3.27. The van der Waals surface area contributed by atoms with Gasteiger partial charge in [-0.1, -0.05) is 13.8 Å². The Labute approximate surface area is 138 Å². The number of methoxy groups -OCH3 is 2. The molecule has 0 bridgehead atoms. The number of ketones is 2. The monoisotopic (exact) mass is 337 g/mol. The molecule has 0 aliphatic rings. The highest BCUT2D eigenvalue weighted by molar-refractivity contribution is 6.38.